The van der Waals surface area contributed by atoms with Crippen molar-refractivity contribution in [3.8, 4) is 0 Å². The van der Waals surface area contributed by atoms with Gasteiger partial charge in [0.15, 0.2) is 0 Å². The molecule has 1 aliphatic heterocycles. The molecular formula is C19H29N3O3. The van der Waals surface area contributed by atoms with Crippen molar-refractivity contribution in [2.45, 2.75) is 26.3 Å². The number of likely N-dealkylation sites (tertiary alicyclic amines) is 1. The molecule has 0 saturated carbocycles. The van der Waals surface area contributed by atoms with Crippen LogP contribution in [0.1, 0.15) is 25.3 Å². The Labute approximate surface area is 149 Å². The average molecular weight is 347 g/mol. The van der Waals surface area contributed by atoms with E-state index in [9.17, 15) is 14.7 Å². The van der Waals surface area contributed by atoms with E-state index in [1.807, 2.05) is 25.1 Å². The molecule has 0 aliphatic carbocycles. The Hall–Kier alpha value is -2.08. The predicted molar refractivity (Wildman–Crippen MR) is 97.3 cm³/mol. The lowest BCUT2D eigenvalue weighted by atomic mass is 9.91. The summed E-state index contributed by atoms with van der Waals surface area (Å²) in [6.07, 6.45) is 1.50. The molecule has 2 amide bonds. The van der Waals surface area contributed by atoms with Crippen LogP contribution in [-0.2, 0) is 11.3 Å². The molecule has 1 saturated heterocycles. The highest BCUT2D eigenvalue weighted by molar-refractivity contribution is 5.76. The van der Waals surface area contributed by atoms with Gasteiger partial charge in [-0.1, -0.05) is 37.3 Å². The summed E-state index contributed by atoms with van der Waals surface area (Å²) in [7, 11) is 2.07. The molecule has 25 heavy (non-hydrogen) atoms. The minimum Gasteiger partial charge on any atom is -0.481 e. The maximum Gasteiger partial charge on any atom is 0.317 e. The second-order valence-electron chi connectivity index (χ2n) is 7.09. The third kappa shape index (κ3) is 6.38. The van der Waals surface area contributed by atoms with Crippen molar-refractivity contribution >= 4 is 12.0 Å². The number of piperidine rings is 1. The number of urea groups is 1. The largest absolute Gasteiger partial charge is 0.481 e. The molecule has 2 atom stereocenters. The van der Waals surface area contributed by atoms with Crippen LogP contribution in [0, 0.1) is 11.8 Å². The SMILES string of the molecule is CC1CC(C(=O)O)CN(C(=O)NCCCN(C)Cc2ccccc2)C1. The monoisotopic (exact) mass is 347 g/mol. The first kappa shape index (κ1) is 19.2. The van der Waals surface area contributed by atoms with E-state index in [0.29, 0.717) is 26.1 Å². The minimum atomic E-state index is -0.813. The molecule has 0 bridgehead atoms. The highest BCUT2D eigenvalue weighted by Gasteiger charge is 2.31. The number of amides is 2. The molecule has 1 aromatic carbocycles. The number of hydrogen-bond donors (Lipinski definition) is 2. The first-order chi connectivity index (χ1) is 12.0. The van der Waals surface area contributed by atoms with Gasteiger partial charge in [-0.2, -0.15) is 0 Å². The zero-order valence-electron chi connectivity index (χ0n) is 15.1. The highest BCUT2D eigenvalue weighted by Crippen LogP contribution is 2.21. The Morgan fingerprint density at radius 3 is 2.68 bits per heavy atom. The quantitative estimate of drug-likeness (QED) is 0.742. The van der Waals surface area contributed by atoms with Crippen molar-refractivity contribution in [3.05, 3.63) is 35.9 Å². The van der Waals surface area contributed by atoms with E-state index in [4.69, 9.17) is 0 Å². The van der Waals surface area contributed by atoms with Crippen molar-refractivity contribution in [3.63, 3.8) is 0 Å². The van der Waals surface area contributed by atoms with Gasteiger partial charge in [0.05, 0.1) is 5.92 Å². The van der Waals surface area contributed by atoms with Crippen molar-refractivity contribution < 1.29 is 14.7 Å². The fourth-order valence-corrected chi connectivity index (χ4v) is 3.33. The van der Waals surface area contributed by atoms with Crippen molar-refractivity contribution in [1.29, 1.82) is 0 Å². The second-order valence-corrected chi connectivity index (χ2v) is 7.09. The minimum absolute atomic E-state index is 0.150. The molecule has 0 spiro atoms. The molecule has 0 aromatic heterocycles. The van der Waals surface area contributed by atoms with E-state index in [2.05, 4.69) is 29.4 Å². The summed E-state index contributed by atoms with van der Waals surface area (Å²) in [5, 5.41) is 12.1. The number of carbonyl (C=O) groups excluding carboxylic acids is 1. The van der Waals surface area contributed by atoms with Crippen LogP contribution in [0.15, 0.2) is 30.3 Å². The van der Waals surface area contributed by atoms with Crippen LogP contribution in [0.5, 0.6) is 0 Å². The van der Waals surface area contributed by atoms with Gasteiger partial charge in [-0.25, -0.2) is 4.79 Å². The number of nitrogens with one attached hydrogen (secondary N) is 1. The van der Waals surface area contributed by atoms with Crippen LogP contribution < -0.4 is 5.32 Å². The van der Waals surface area contributed by atoms with E-state index in [-0.39, 0.29) is 11.9 Å². The Morgan fingerprint density at radius 2 is 2.00 bits per heavy atom. The zero-order valence-corrected chi connectivity index (χ0v) is 15.1. The summed E-state index contributed by atoms with van der Waals surface area (Å²) in [5.41, 5.74) is 1.27. The van der Waals surface area contributed by atoms with Crippen LogP contribution in [0.25, 0.3) is 0 Å². The van der Waals surface area contributed by atoms with Crippen molar-refractivity contribution in [1.82, 2.24) is 15.1 Å². The van der Waals surface area contributed by atoms with Crippen LogP contribution in [0.2, 0.25) is 0 Å². The number of carboxylic acid groups (broad SMARTS) is 1. The molecule has 6 heteroatoms. The number of carboxylic acids is 1. The highest BCUT2D eigenvalue weighted by atomic mass is 16.4. The summed E-state index contributed by atoms with van der Waals surface area (Å²) in [4.78, 5) is 27.3. The third-order valence-corrected chi connectivity index (χ3v) is 4.58. The number of nitrogens with zero attached hydrogens (tertiary/aromatic N) is 2. The number of benzene rings is 1. The summed E-state index contributed by atoms with van der Waals surface area (Å²) in [5.74, 6) is -1.05. The average Bonchev–Trinajstić information content (AvgIpc) is 2.58. The third-order valence-electron chi connectivity index (χ3n) is 4.58. The second kappa shape index (κ2) is 9.42. The van der Waals surface area contributed by atoms with Gasteiger partial charge in [0.2, 0.25) is 0 Å². The summed E-state index contributed by atoms with van der Waals surface area (Å²) in [6.45, 7) is 5.31. The fourth-order valence-electron chi connectivity index (χ4n) is 3.33. The topological polar surface area (TPSA) is 72.9 Å². The van der Waals surface area contributed by atoms with Gasteiger partial charge in [0, 0.05) is 26.2 Å². The van der Waals surface area contributed by atoms with Crippen LogP contribution in [0.3, 0.4) is 0 Å². The predicted octanol–water partition coefficient (Wildman–Crippen LogP) is 2.26. The van der Waals surface area contributed by atoms with Gasteiger partial charge in [-0.05, 0) is 37.9 Å². The van der Waals surface area contributed by atoms with Crippen LogP contribution >= 0.6 is 0 Å². The first-order valence-corrected chi connectivity index (χ1v) is 8.93. The molecule has 1 aromatic rings. The fraction of sp³-hybridized carbons (Fsp3) is 0.579. The smallest absolute Gasteiger partial charge is 0.317 e. The Balaban J connectivity index is 1.67. The molecule has 0 radical (unpaired) electrons. The molecule has 1 heterocycles. The molecule has 1 aliphatic rings. The van der Waals surface area contributed by atoms with Crippen LogP contribution in [0.4, 0.5) is 4.79 Å². The van der Waals surface area contributed by atoms with Crippen molar-refractivity contribution in [2.24, 2.45) is 11.8 Å². The molecule has 2 N–H and O–H groups in total. The lowest BCUT2D eigenvalue weighted by molar-refractivity contribution is -0.143. The first-order valence-electron chi connectivity index (χ1n) is 8.93. The molecule has 6 nitrogen and oxygen atoms in total. The normalized spacial score (nSPS) is 20.5. The van der Waals surface area contributed by atoms with Gasteiger partial charge in [-0.15, -0.1) is 0 Å². The number of hydrogen-bond acceptors (Lipinski definition) is 3. The van der Waals surface area contributed by atoms with E-state index in [1.165, 1.54) is 5.56 Å². The number of carbonyl (C=O) groups is 2. The Bertz CT molecular complexity index is 564. The number of rotatable bonds is 7. The lowest BCUT2D eigenvalue weighted by Crippen LogP contribution is -2.49. The van der Waals surface area contributed by atoms with E-state index in [0.717, 1.165) is 19.5 Å². The number of aliphatic carboxylic acids is 1. The van der Waals surface area contributed by atoms with E-state index >= 15 is 0 Å². The van der Waals surface area contributed by atoms with E-state index in [1.54, 1.807) is 4.90 Å². The van der Waals surface area contributed by atoms with Gasteiger partial charge in [0.25, 0.3) is 0 Å². The lowest BCUT2D eigenvalue weighted by Gasteiger charge is -2.34. The van der Waals surface area contributed by atoms with Gasteiger partial charge in [0.1, 0.15) is 0 Å². The van der Waals surface area contributed by atoms with Gasteiger partial charge in [-0.3, -0.25) is 4.79 Å². The molecular weight excluding hydrogens is 318 g/mol. The van der Waals surface area contributed by atoms with E-state index < -0.39 is 11.9 Å². The summed E-state index contributed by atoms with van der Waals surface area (Å²) in [6, 6.07) is 10.1. The summed E-state index contributed by atoms with van der Waals surface area (Å²) < 4.78 is 0. The van der Waals surface area contributed by atoms with Gasteiger partial charge < -0.3 is 20.2 Å². The molecule has 2 unspecified atom stereocenters. The standard InChI is InChI=1S/C19H29N3O3/c1-15-11-17(18(23)24)14-22(12-15)19(25)20-9-6-10-21(2)13-16-7-4-3-5-8-16/h3-5,7-8,15,17H,6,9-14H2,1-2H3,(H,20,25)(H,23,24). The van der Waals surface area contributed by atoms with Crippen LogP contribution in [-0.4, -0.2) is 60.1 Å². The molecule has 2 rings (SSSR count). The summed E-state index contributed by atoms with van der Waals surface area (Å²) >= 11 is 0. The maximum atomic E-state index is 12.3. The zero-order chi connectivity index (χ0) is 18.2. The maximum absolute atomic E-state index is 12.3. The van der Waals surface area contributed by atoms with Gasteiger partial charge >= 0.3 is 12.0 Å². The molecule has 138 valence electrons. The van der Waals surface area contributed by atoms with Crippen molar-refractivity contribution in [2.75, 3.05) is 33.2 Å². The Morgan fingerprint density at radius 1 is 1.28 bits per heavy atom. The Kier molecular flexibility index (Phi) is 7.25. The molecule has 1 fully saturated rings.